The van der Waals surface area contributed by atoms with Crippen molar-refractivity contribution in [2.24, 2.45) is 0 Å². The van der Waals surface area contributed by atoms with E-state index in [1.807, 2.05) is 34.9 Å². The predicted octanol–water partition coefficient (Wildman–Crippen LogP) is 3.28. The summed E-state index contributed by atoms with van der Waals surface area (Å²) in [7, 11) is 1.58. The second kappa shape index (κ2) is 8.59. The molecule has 0 fully saturated rings. The first-order valence-corrected chi connectivity index (χ1v) is 8.83. The molecular formula is C18H17FN4O2S. The molecule has 0 aliphatic rings. The van der Waals surface area contributed by atoms with Crippen molar-refractivity contribution in [1.82, 2.24) is 14.8 Å². The first kappa shape index (κ1) is 18.1. The van der Waals surface area contributed by atoms with E-state index in [2.05, 4.69) is 15.5 Å². The van der Waals surface area contributed by atoms with Gasteiger partial charge in [-0.15, -0.1) is 10.2 Å². The highest BCUT2D eigenvalue weighted by molar-refractivity contribution is 7.99. The Hall–Kier alpha value is -2.71. The molecule has 0 atom stereocenters. The molecule has 3 aromatic rings. The van der Waals surface area contributed by atoms with Gasteiger partial charge in [0.15, 0.2) is 11.0 Å². The van der Waals surface area contributed by atoms with Crippen LogP contribution in [0.2, 0.25) is 0 Å². The molecule has 26 heavy (non-hydrogen) atoms. The first-order chi connectivity index (χ1) is 12.7. The van der Waals surface area contributed by atoms with Gasteiger partial charge in [0.1, 0.15) is 12.4 Å². The molecule has 1 N–H and O–H groups in total. The van der Waals surface area contributed by atoms with Gasteiger partial charge in [0.25, 0.3) is 0 Å². The zero-order chi connectivity index (χ0) is 18.4. The summed E-state index contributed by atoms with van der Waals surface area (Å²) in [6.07, 6.45) is 0. The molecule has 134 valence electrons. The van der Waals surface area contributed by atoms with Crippen LogP contribution in [0.4, 0.5) is 10.1 Å². The third kappa shape index (κ3) is 4.27. The molecule has 0 unspecified atom stereocenters. The number of rotatable bonds is 7. The Labute approximate surface area is 154 Å². The summed E-state index contributed by atoms with van der Waals surface area (Å²) in [4.78, 5) is 12.1. The quantitative estimate of drug-likeness (QED) is 0.645. The molecule has 1 heterocycles. The van der Waals surface area contributed by atoms with E-state index in [4.69, 9.17) is 4.74 Å². The average molecular weight is 372 g/mol. The minimum atomic E-state index is -0.472. The van der Waals surface area contributed by atoms with Crippen molar-refractivity contribution >= 4 is 23.4 Å². The van der Waals surface area contributed by atoms with Crippen molar-refractivity contribution in [3.63, 3.8) is 0 Å². The Bertz CT molecular complexity index is 886. The smallest absolute Gasteiger partial charge is 0.234 e. The summed E-state index contributed by atoms with van der Waals surface area (Å²) >= 11 is 1.22. The topological polar surface area (TPSA) is 69.0 Å². The van der Waals surface area contributed by atoms with Gasteiger partial charge < -0.3 is 10.1 Å². The Kier molecular flexibility index (Phi) is 5.98. The maximum Gasteiger partial charge on any atom is 0.234 e. The van der Waals surface area contributed by atoms with Gasteiger partial charge in [-0.1, -0.05) is 42.1 Å². The van der Waals surface area contributed by atoms with E-state index >= 15 is 0 Å². The number of nitrogens with one attached hydrogen (secondary N) is 1. The van der Waals surface area contributed by atoms with Crippen LogP contribution in [0.5, 0.6) is 0 Å². The van der Waals surface area contributed by atoms with Gasteiger partial charge in [0, 0.05) is 12.8 Å². The Morgan fingerprint density at radius 2 is 1.88 bits per heavy atom. The number of hydrogen-bond donors (Lipinski definition) is 1. The predicted molar refractivity (Wildman–Crippen MR) is 97.8 cm³/mol. The number of methoxy groups -OCH3 is 1. The summed E-state index contributed by atoms with van der Waals surface area (Å²) in [6, 6.07) is 15.6. The molecule has 1 aromatic heterocycles. The van der Waals surface area contributed by atoms with Crippen LogP contribution in [0.1, 0.15) is 5.82 Å². The van der Waals surface area contributed by atoms with Gasteiger partial charge in [0.2, 0.25) is 5.91 Å². The Morgan fingerprint density at radius 1 is 1.15 bits per heavy atom. The van der Waals surface area contributed by atoms with E-state index in [9.17, 15) is 9.18 Å². The van der Waals surface area contributed by atoms with E-state index in [1.165, 1.54) is 23.9 Å². The lowest BCUT2D eigenvalue weighted by molar-refractivity contribution is -0.113. The molecule has 1 amide bonds. The van der Waals surface area contributed by atoms with Crippen LogP contribution in [0.3, 0.4) is 0 Å². The SMILES string of the molecule is COCc1nnc(SCC(=O)Nc2ccccc2F)n1-c1ccccc1. The minimum Gasteiger partial charge on any atom is -0.377 e. The lowest BCUT2D eigenvalue weighted by Crippen LogP contribution is -2.15. The lowest BCUT2D eigenvalue weighted by Gasteiger charge is -2.10. The third-order valence-electron chi connectivity index (χ3n) is 3.47. The van der Waals surface area contributed by atoms with Gasteiger partial charge in [-0.3, -0.25) is 9.36 Å². The highest BCUT2D eigenvalue weighted by atomic mass is 32.2. The number of aromatic nitrogens is 3. The van der Waals surface area contributed by atoms with E-state index in [0.717, 1.165) is 5.69 Å². The molecule has 0 aliphatic heterocycles. The molecule has 0 aliphatic carbocycles. The number of para-hydroxylation sites is 2. The van der Waals surface area contributed by atoms with Gasteiger partial charge in [-0.2, -0.15) is 0 Å². The number of halogens is 1. The van der Waals surface area contributed by atoms with E-state index in [-0.39, 0.29) is 17.3 Å². The second-order valence-electron chi connectivity index (χ2n) is 5.32. The maximum atomic E-state index is 13.6. The largest absolute Gasteiger partial charge is 0.377 e. The highest BCUT2D eigenvalue weighted by Crippen LogP contribution is 2.23. The molecule has 0 bridgehead atoms. The van der Waals surface area contributed by atoms with Gasteiger partial charge in [-0.25, -0.2) is 4.39 Å². The van der Waals surface area contributed by atoms with E-state index in [1.54, 1.807) is 19.2 Å². The van der Waals surface area contributed by atoms with Crippen LogP contribution in [-0.4, -0.2) is 33.5 Å². The second-order valence-corrected chi connectivity index (χ2v) is 6.26. The van der Waals surface area contributed by atoms with Crippen molar-refractivity contribution in [3.8, 4) is 5.69 Å². The van der Waals surface area contributed by atoms with Crippen LogP contribution in [0, 0.1) is 5.82 Å². The molecule has 3 rings (SSSR count). The van der Waals surface area contributed by atoms with Crippen molar-refractivity contribution in [3.05, 3.63) is 66.2 Å². The first-order valence-electron chi connectivity index (χ1n) is 7.85. The summed E-state index contributed by atoms with van der Waals surface area (Å²) in [6.45, 7) is 0.296. The van der Waals surface area contributed by atoms with Gasteiger partial charge >= 0.3 is 0 Å². The normalized spacial score (nSPS) is 10.7. The third-order valence-corrected chi connectivity index (χ3v) is 4.40. The standard InChI is InChI=1S/C18H17FN4O2S/c1-25-11-16-21-22-18(23(16)13-7-3-2-4-8-13)26-12-17(24)20-15-10-6-5-9-14(15)19/h2-10H,11-12H2,1H3,(H,20,24). The number of anilines is 1. The van der Waals surface area contributed by atoms with Crippen LogP contribution in [-0.2, 0) is 16.1 Å². The molecule has 0 saturated heterocycles. The molecule has 0 saturated carbocycles. The summed E-state index contributed by atoms with van der Waals surface area (Å²) in [5.41, 5.74) is 1.03. The number of benzene rings is 2. The van der Waals surface area contributed by atoms with Crippen molar-refractivity contribution in [1.29, 1.82) is 0 Å². The molecule has 2 aromatic carbocycles. The van der Waals surface area contributed by atoms with Crippen molar-refractivity contribution in [2.45, 2.75) is 11.8 Å². The zero-order valence-corrected chi connectivity index (χ0v) is 14.9. The van der Waals surface area contributed by atoms with Crippen LogP contribution in [0.25, 0.3) is 5.69 Å². The van der Waals surface area contributed by atoms with Crippen LogP contribution in [0.15, 0.2) is 59.8 Å². The Morgan fingerprint density at radius 3 is 2.62 bits per heavy atom. The summed E-state index contributed by atoms with van der Waals surface area (Å²) < 4.78 is 20.6. The maximum absolute atomic E-state index is 13.6. The van der Waals surface area contributed by atoms with Gasteiger partial charge in [0.05, 0.1) is 11.4 Å². The summed E-state index contributed by atoms with van der Waals surface area (Å²) in [5.74, 6) is -0.0841. The number of ether oxygens (including phenoxy) is 1. The molecular weight excluding hydrogens is 355 g/mol. The number of carbonyl (C=O) groups excluding carboxylic acids is 1. The average Bonchev–Trinajstić information content (AvgIpc) is 3.06. The number of thioether (sulfide) groups is 1. The fourth-order valence-corrected chi connectivity index (χ4v) is 3.10. The highest BCUT2D eigenvalue weighted by Gasteiger charge is 2.16. The number of nitrogens with zero attached hydrogens (tertiary/aromatic N) is 3. The fraction of sp³-hybridized carbons (Fsp3) is 0.167. The lowest BCUT2D eigenvalue weighted by atomic mass is 10.3. The fourth-order valence-electron chi connectivity index (χ4n) is 2.33. The van der Waals surface area contributed by atoms with Crippen LogP contribution < -0.4 is 5.32 Å². The van der Waals surface area contributed by atoms with E-state index in [0.29, 0.717) is 17.6 Å². The van der Waals surface area contributed by atoms with Crippen molar-refractivity contribution < 1.29 is 13.9 Å². The zero-order valence-electron chi connectivity index (χ0n) is 14.1. The van der Waals surface area contributed by atoms with E-state index < -0.39 is 5.82 Å². The van der Waals surface area contributed by atoms with Crippen molar-refractivity contribution in [2.75, 3.05) is 18.2 Å². The number of carbonyl (C=O) groups is 1. The molecule has 8 heteroatoms. The number of amides is 1. The van der Waals surface area contributed by atoms with Crippen LogP contribution >= 0.6 is 11.8 Å². The molecule has 0 radical (unpaired) electrons. The monoisotopic (exact) mass is 372 g/mol. The summed E-state index contributed by atoms with van der Waals surface area (Å²) in [5, 5.41) is 11.4. The minimum absolute atomic E-state index is 0.0757. The van der Waals surface area contributed by atoms with Gasteiger partial charge in [-0.05, 0) is 24.3 Å². The Balaban J connectivity index is 1.74. The molecule has 6 nitrogen and oxygen atoms in total. The molecule has 0 spiro atoms. The number of hydrogen-bond acceptors (Lipinski definition) is 5.